The molecular weight excluding hydrogens is 313 g/mol. The third-order valence-corrected chi connectivity index (χ3v) is 3.69. The summed E-state index contributed by atoms with van der Waals surface area (Å²) in [6, 6.07) is 3.14. The number of nitrogens with one attached hydrogen (secondary N) is 1. The summed E-state index contributed by atoms with van der Waals surface area (Å²) in [4.78, 5) is 0. The Labute approximate surface area is 101 Å². The Bertz CT molecular complexity index is 461. The summed E-state index contributed by atoms with van der Waals surface area (Å²) in [5.41, 5.74) is 0.266. The summed E-state index contributed by atoms with van der Waals surface area (Å²) in [7, 11) is -3.34. The van der Waals surface area contributed by atoms with E-state index in [1.807, 2.05) is 0 Å². The quantitative estimate of drug-likeness (QED) is 0.852. The Morgan fingerprint density at radius 1 is 1.29 bits per heavy atom. The number of hydrogen-bond donors (Lipinski definition) is 1. The molecule has 1 rings (SSSR count). The van der Waals surface area contributed by atoms with Crippen LogP contribution in [0.2, 0.25) is 10.0 Å². The predicted molar refractivity (Wildman–Crippen MR) is 62.6 cm³/mol. The highest BCUT2D eigenvalue weighted by Gasteiger charge is 2.11. The first-order valence-corrected chi connectivity index (χ1v) is 6.86. The maximum Gasteiger partial charge on any atom is 0.229 e. The topological polar surface area (TPSA) is 46.2 Å². The summed E-state index contributed by atoms with van der Waals surface area (Å²) < 4.78 is 24.7. The smallest absolute Gasteiger partial charge is 0.229 e. The molecule has 0 amide bonds. The first-order valence-electron chi connectivity index (χ1n) is 3.42. The van der Waals surface area contributed by atoms with E-state index < -0.39 is 10.0 Å². The van der Waals surface area contributed by atoms with Gasteiger partial charge in [-0.1, -0.05) is 23.2 Å². The Hall–Kier alpha value is 0.0300. The number of anilines is 1. The van der Waals surface area contributed by atoms with Gasteiger partial charge in [-0.3, -0.25) is 4.72 Å². The van der Waals surface area contributed by atoms with Crippen LogP contribution >= 0.6 is 39.1 Å². The predicted octanol–water partition coefficient (Wildman–Crippen LogP) is 3.13. The molecular formula is C7H6BrCl2NO2S. The van der Waals surface area contributed by atoms with Gasteiger partial charge in [0.1, 0.15) is 0 Å². The minimum Gasteiger partial charge on any atom is -0.282 e. The van der Waals surface area contributed by atoms with Gasteiger partial charge in [-0.15, -0.1) is 0 Å². The molecule has 1 aromatic rings. The van der Waals surface area contributed by atoms with Crippen molar-refractivity contribution >= 4 is 54.8 Å². The molecule has 0 heterocycles. The van der Waals surface area contributed by atoms with Crippen LogP contribution in [0.3, 0.4) is 0 Å². The molecule has 0 saturated carbocycles. The van der Waals surface area contributed by atoms with Gasteiger partial charge in [0, 0.05) is 4.47 Å². The molecule has 1 N–H and O–H groups in total. The summed E-state index contributed by atoms with van der Waals surface area (Å²) >= 11 is 14.8. The van der Waals surface area contributed by atoms with Gasteiger partial charge in [-0.25, -0.2) is 8.42 Å². The molecule has 78 valence electrons. The highest BCUT2D eigenvalue weighted by Crippen LogP contribution is 2.35. The molecule has 0 radical (unpaired) electrons. The number of rotatable bonds is 2. The van der Waals surface area contributed by atoms with Gasteiger partial charge in [-0.05, 0) is 28.1 Å². The number of sulfonamides is 1. The van der Waals surface area contributed by atoms with Crippen LogP contribution in [0.25, 0.3) is 0 Å². The van der Waals surface area contributed by atoms with Gasteiger partial charge < -0.3 is 0 Å². The van der Waals surface area contributed by atoms with Gasteiger partial charge in [0.2, 0.25) is 10.0 Å². The molecule has 0 spiro atoms. The number of hydrogen-bond acceptors (Lipinski definition) is 2. The van der Waals surface area contributed by atoms with Crippen LogP contribution in [-0.2, 0) is 10.0 Å². The highest BCUT2D eigenvalue weighted by molar-refractivity contribution is 9.10. The van der Waals surface area contributed by atoms with E-state index in [4.69, 9.17) is 23.2 Å². The van der Waals surface area contributed by atoms with E-state index in [2.05, 4.69) is 20.7 Å². The molecule has 7 heteroatoms. The Morgan fingerprint density at radius 3 is 2.36 bits per heavy atom. The Kier molecular flexibility index (Phi) is 3.69. The van der Waals surface area contributed by atoms with E-state index in [0.29, 0.717) is 4.47 Å². The van der Waals surface area contributed by atoms with Gasteiger partial charge in [0.05, 0.1) is 22.0 Å². The summed E-state index contributed by atoms with van der Waals surface area (Å²) in [5.74, 6) is 0. The van der Waals surface area contributed by atoms with E-state index in [0.717, 1.165) is 6.26 Å². The van der Waals surface area contributed by atoms with Gasteiger partial charge in [0.25, 0.3) is 0 Å². The van der Waals surface area contributed by atoms with Crippen molar-refractivity contribution in [1.82, 2.24) is 0 Å². The standard InChI is InChI=1S/C7H6BrCl2NO2S/c1-14(12,13)11-5-3-2-4(8)6(9)7(5)10/h2-3,11H,1H3. The molecule has 0 saturated heterocycles. The largest absolute Gasteiger partial charge is 0.282 e. The molecule has 0 aromatic heterocycles. The second-order valence-corrected chi connectivity index (χ2v) is 5.96. The molecule has 1 aromatic carbocycles. The molecule has 14 heavy (non-hydrogen) atoms. The first-order chi connectivity index (χ1) is 6.31. The molecule has 0 atom stereocenters. The van der Waals surface area contributed by atoms with Crippen molar-refractivity contribution in [3.8, 4) is 0 Å². The fourth-order valence-electron chi connectivity index (χ4n) is 0.804. The van der Waals surface area contributed by atoms with Crippen LogP contribution in [0.5, 0.6) is 0 Å². The van der Waals surface area contributed by atoms with Crippen LogP contribution in [-0.4, -0.2) is 14.7 Å². The van der Waals surface area contributed by atoms with Gasteiger partial charge in [0.15, 0.2) is 0 Å². The Morgan fingerprint density at radius 2 is 1.86 bits per heavy atom. The lowest BCUT2D eigenvalue weighted by molar-refractivity contribution is 0.607. The SMILES string of the molecule is CS(=O)(=O)Nc1ccc(Br)c(Cl)c1Cl. The highest BCUT2D eigenvalue weighted by atomic mass is 79.9. The lowest BCUT2D eigenvalue weighted by Crippen LogP contribution is -2.09. The van der Waals surface area contributed by atoms with E-state index in [-0.39, 0.29) is 15.7 Å². The van der Waals surface area contributed by atoms with E-state index in [9.17, 15) is 8.42 Å². The molecule has 0 bridgehead atoms. The second kappa shape index (κ2) is 4.26. The average molecular weight is 319 g/mol. The molecule has 0 aliphatic heterocycles. The van der Waals surface area contributed by atoms with Crippen LogP contribution < -0.4 is 4.72 Å². The van der Waals surface area contributed by atoms with Crippen molar-refractivity contribution in [3.05, 3.63) is 26.7 Å². The van der Waals surface area contributed by atoms with E-state index in [1.165, 1.54) is 6.07 Å². The van der Waals surface area contributed by atoms with Crippen molar-refractivity contribution in [1.29, 1.82) is 0 Å². The summed E-state index contributed by atoms with van der Waals surface area (Å²) in [6.07, 6.45) is 1.04. The molecule has 3 nitrogen and oxygen atoms in total. The van der Waals surface area contributed by atoms with Crippen molar-refractivity contribution in [2.24, 2.45) is 0 Å². The van der Waals surface area contributed by atoms with E-state index >= 15 is 0 Å². The van der Waals surface area contributed by atoms with Gasteiger partial charge in [-0.2, -0.15) is 0 Å². The minimum absolute atomic E-state index is 0.173. The Balaban J connectivity index is 3.19. The fraction of sp³-hybridized carbons (Fsp3) is 0.143. The number of halogens is 3. The van der Waals surface area contributed by atoms with Gasteiger partial charge >= 0.3 is 0 Å². The lowest BCUT2D eigenvalue weighted by atomic mass is 10.3. The molecule has 0 aliphatic carbocycles. The van der Waals surface area contributed by atoms with Crippen LogP contribution in [0.1, 0.15) is 0 Å². The zero-order valence-corrected chi connectivity index (χ0v) is 10.9. The van der Waals surface area contributed by atoms with Crippen LogP contribution in [0.15, 0.2) is 16.6 Å². The van der Waals surface area contributed by atoms with Crippen molar-refractivity contribution < 1.29 is 8.42 Å². The zero-order chi connectivity index (χ0) is 10.9. The molecule has 0 fully saturated rings. The van der Waals surface area contributed by atoms with Crippen molar-refractivity contribution in [2.45, 2.75) is 0 Å². The molecule has 0 aliphatic rings. The monoisotopic (exact) mass is 317 g/mol. The number of benzene rings is 1. The first kappa shape index (κ1) is 12.1. The third kappa shape index (κ3) is 3.02. The van der Waals surface area contributed by atoms with Crippen molar-refractivity contribution in [3.63, 3.8) is 0 Å². The van der Waals surface area contributed by atoms with Crippen LogP contribution in [0.4, 0.5) is 5.69 Å². The maximum atomic E-state index is 10.9. The van der Waals surface area contributed by atoms with Crippen molar-refractivity contribution in [2.75, 3.05) is 11.0 Å². The van der Waals surface area contributed by atoms with E-state index in [1.54, 1.807) is 6.07 Å². The summed E-state index contributed by atoms with van der Waals surface area (Å²) in [5, 5.41) is 0.451. The second-order valence-electron chi connectivity index (χ2n) is 2.60. The van der Waals surface area contributed by atoms with Crippen LogP contribution in [0, 0.1) is 0 Å². The minimum atomic E-state index is -3.34. The summed E-state index contributed by atoms with van der Waals surface area (Å²) in [6.45, 7) is 0. The third-order valence-electron chi connectivity index (χ3n) is 1.33. The lowest BCUT2D eigenvalue weighted by Gasteiger charge is -2.08. The average Bonchev–Trinajstić information content (AvgIpc) is 2.04. The molecule has 0 unspecified atom stereocenters. The fourth-order valence-corrected chi connectivity index (χ4v) is 2.25. The maximum absolute atomic E-state index is 10.9. The zero-order valence-electron chi connectivity index (χ0n) is 7.01. The normalized spacial score (nSPS) is 11.4.